The molecular formula is C26H25Cl2N5O2. The van der Waals surface area contributed by atoms with Crippen LogP contribution >= 0.6 is 23.2 Å². The third-order valence-electron chi connectivity index (χ3n) is 6.29. The van der Waals surface area contributed by atoms with E-state index in [9.17, 15) is 4.79 Å². The number of nitrogens with zero attached hydrogens (tertiary/aromatic N) is 3. The van der Waals surface area contributed by atoms with Crippen LogP contribution in [0.5, 0.6) is 5.75 Å². The number of likely N-dealkylation sites (N-methyl/N-ethyl adjacent to an activating group) is 1. The van der Waals surface area contributed by atoms with Gasteiger partial charge in [-0.15, -0.1) is 0 Å². The highest BCUT2D eigenvalue weighted by atomic mass is 35.5. The summed E-state index contributed by atoms with van der Waals surface area (Å²) in [6, 6.07) is 15.0. The first-order valence-corrected chi connectivity index (χ1v) is 12.1. The number of halogens is 2. The monoisotopic (exact) mass is 509 g/mol. The number of carbonyl (C=O) groups is 1. The molecule has 0 unspecified atom stereocenters. The largest absolute Gasteiger partial charge is 0.485 e. The van der Waals surface area contributed by atoms with Crippen LogP contribution in [0.4, 0.5) is 5.82 Å². The zero-order valence-corrected chi connectivity index (χ0v) is 20.7. The van der Waals surface area contributed by atoms with Crippen molar-refractivity contribution >= 4 is 45.8 Å². The number of piperazine rings is 1. The SMILES string of the molecule is CN1CCN(C(=O)c2cc3cc(-c4cnc(N)c(OCc5c(Cl)cccc5Cl)c4)ccc3[nH]2)CC1. The van der Waals surface area contributed by atoms with Crippen molar-refractivity contribution in [2.45, 2.75) is 6.61 Å². The number of nitrogens with two attached hydrogens (primary N) is 1. The number of aromatic nitrogens is 2. The molecule has 0 bridgehead atoms. The van der Waals surface area contributed by atoms with Crippen molar-refractivity contribution in [1.29, 1.82) is 0 Å². The fraction of sp³-hybridized carbons (Fsp3) is 0.231. The highest BCUT2D eigenvalue weighted by Crippen LogP contribution is 2.32. The molecule has 2 aromatic heterocycles. The van der Waals surface area contributed by atoms with Gasteiger partial charge in [0.05, 0.1) is 0 Å². The molecule has 0 radical (unpaired) electrons. The summed E-state index contributed by atoms with van der Waals surface area (Å²) in [5.74, 6) is 0.747. The predicted molar refractivity (Wildman–Crippen MR) is 140 cm³/mol. The zero-order valence-electron chi connectivity index (χ0n) is 19.2. The maximum Gasteiger partial charge on any atom is 0.270 e. The van der Waals surface area contributed by atoms with Crippen LogP contribution in [0.25, 0.3) is 22.0 Å². The Morgan fingerprint density at radius 2 is 1.80 bits per heavy atom. The summed E-state index contributed by atoms with van der Waals surface area (Å²) in [6.07, 6.45) is 1.70. The van der Waals surface area contributed by atoms with Gasteiger partial charge in [0.25, 0.3) is 5.91 Å². The Labute approximate surface area is 213 Å². The number of hydrogen-bond acceptors (Lipinski definition) is 5. The van der Waals surface area contributed by atoms with Crippen molar-refractivity contribution in [3.8, 4) is 16.9 Å². The molecule has 35 heavy (non-hydrogen) atoms. The standard InChI is InChI=1S/C26H25Cl2N5O2/c1-32-7-9-33(10-8-32)26(34)23-12-17-11-16(5-6-22(17)31-23)18-13-24(25(29)30-14-18)35-15-19-20(27)3-2-4-21(19)28/h2-6,11-14,31H,7-10,15H2,1H3,(H2,29,30). The van der Waals surface area contributed by atoms with Gasteiger partial charge in [-0.05, 0) is 49.0 Å². The van der Waals surface area contributed by atoms with Crippen LogP contribution in [0.3, 0.4) is 0 Å². The number of anilines is 1. The normalized spacial score (nSPS) is 14.4. The second-order valence-corrected chi connectivity index (χ2v) is 9.49. The molecular weight excluding hydrogens is 485 g/mol. The average Bonchev–Trinajstić information content (AvgIpc) is 3.28. The maximum atomic E-state index is 13.0. The van der Waals surface area contributed by atoms with Crippen LogP contribution < -0.4 is 10.5 Å². The topological polar surface area (TPSA) is 87.5 Å². The Hall–Kier alpha value is -3.26. The molecule has 2 aromatic carbocycles. The Balaban J connectivity index is 1.37. The molecule has 0 atom stereocenters. The summed E-state index contributed by atoms with van der Waals surface area (Å²) in [6.45, 7) is 3.40. The van der Waals surface area contributed by atoms with E-state index in [1.165, 1.54) is 0 Å². The number of H-pyrrole nitrogens is 1. The van der Waals surface area contributed by atoms with Crippen molar-refractivity contribution in [1.82, 2.24) is 19.8 Å². The number of hydrogen-bond donors (Lipinski definition) is 2. The molecule has 3 heterocycles. The molecule has 4 aromatic rings. The average molecular weight is 510 g/mol. The summed E-state index contributed by atoms with van der Waals surface area (Å²) in [7, 11) is 2.07. The summed E-state index contributed by atoms with van der Waals surface area (Å²) < 4.78 is 5.93. The van der Waals surface area contributed by atoms with Gasteiger partial charge in [0, 0.05) is 64.5 Å². The Kier molecular flexibility index (Phi) is 6.56. The second-order valence-electron chi connectivity index (χ2n) is 8.68. The maximum absolute atomic E-state index is 13.0. The lowest BCUT2D eigenvalue weighted by Gasteiger charge is -2.32. The molecule has 1 aliphatic rings. The van der Waals surface area contributed by atoms with Crippen molar-refractivity contribution in [2.75, 3.05) is 39.0 Å². The predicted octanol–water partition coefficient (Wildman–Crippen LogP) is 5.09. The van der Waals surface area contributed by atoms with Gasteiger partial charge < -0.3 is 25.3 Å². The fourth-order valence-corrected chi connectivity index (χ4v) is 4.66. The third-order valence-corrected chi connectivity index (χ3v) is 7.00. The lowest BCUT2D eigenvalue weighted by atomic mass is 10.1. The molecule has 0 saturated carbocycles. The van der Waals surface area contributed by atoms with Crippen LogP contribution in [0, 0.1) is 0 Å². The van der Waals surface area contributed by atoms with Gasteiger partial charge in [-0.2, -0.15) is 0 Å². The summed E-state index contributed by atoms with van der Waals surface area (Å²) in [5.41, 5.74) is 10.0. The van der Waals surface area contributed by atoms with Crippen molar-refractivity contribution < 1.29 is 9.53 Å². The molecule has 1 aliphatic heterocycles. The first-order chi connectivity index (χ1) is 16.9. The number of aromatic amines is 1. The van der Waals surface area contributed by atoms with Gasteiger partial charge >= 0.3 is 0 Å². The number of carbonyl (C=O) groups excluding carboxylic acids is 1. The van der Waals surface area contributed by atoms with E-state index in [-0.39, 0.29) is 18.3 Å². The molecule has 1 saturated heterocycles. The minimum atomic E-state index is 0.0268. The molecule has 180 valence electrons. The number of benzene rings is 2. The molecule has 0 aliphatic carbocycles. The molecule has 0 spiro atoms. The lowest BCUT2D eigenvalue weighted by Crippen LogP contribution is -2.47. The molecule has 5 rings (SSSR count). The Morgan fingerprint density at radius 1 is 1.06 bits per heavy atom. The van der Waals surface area contributed by atoms with Crippen molar-refractivity contribution in [2.24, 2.45) is 0 Å². The molecule has 3 N–H and O–H groups in total. The van der Waals surface area contributed by atoms with Crippen LogP contribution in [-0.4, -0.2) is 58.9 Å². The minimum absolute atomic E-state index is 0.0268. The van der Waals surface area contributed by atoms with Gasteiger partial charge in [-0.3, -0.25) is 4.79 Å². The van der Waals surface area contributed by atoms with Crippen molar-refractivity contribution in [3.63, 3.8) is 0 Å². The Bertz CT molecular complexity index is 1380. The summed E-state index contributed by atoms with van der Waals surface area (Å²) in [5, 5.41) is 2.00. The van der Waals surface area contributed by atoms with Crippen LogP contribution in [-0.2, 0) is 6.61 Å². The fourth-order valence-electron chi connectivity index (χ4n) is 4.16. The summed E-state index contributed by atoms with van der Waals surface area (Å²) in [4.78, 5) is 24.7. The second kappa shape index (κ2) is 9.77. The summed E-state index contributed by atoms with van der Waals surface area (Å²) >= 11 is 12.5. The number of rotatable bonds is 5. The van der Waals surface area contributed by atoms with Gasteiger partial charge in [0.2, 0.25) is 0 Å². The zero-order chi connectivity index (χ0) is 24.5. The number of pyridine rings is 1. The van der Waals surface area contributed by atoms with Gasteiger partial charge in [0.15, 0.2) is 11.6 Å². The molecule has 7 nitrogen and oxygen atoms in total. The van der Waals surface area contributed by atoms with E-state index in [4.69, 9.17) is 33.7 Å². The highest BCUT2D eigenvalue weighted by Gasteiger charge is 2.22. The van der Waals surface area contributed by atoms with Gasteiger partial charge in [-0.1, -0.05) is 35.3 Å². The quantitative estimate of drug-likeness (QED) is 0.391. The number of nitrogens with one attached hydrogen (secondary N) is 1. The number of ether oxygens (including phenoxy) is 1. The lowest BCUT2D eigenvalue weighted by molar-refractivity contribution is 0.0659. The smallest absolute Gasteiger partial charge is 0.270 e. The highest BCUT2D eigenvalue weighted by molar-refractivity contribution is 6.35. The third kappa shape index (κ3) is 4.93. The van der Waals surface area contributed by atoms with E-state index >= 15 is 0 Å². The van der Waals surface area contributed by atoms with Gasteiger partial charge in [0.1, 0.15) is 12.3 Å². The molecule has 1 fully saturated rings. The first-order valence-electron chi connectivity index (χ1n) is 11.3. The first kappa shape index (κ1) is 23.5. The van der Waals surface area contributed by atoms with E-state index in [1.807, 2.05) is 35.2 Å². The number of nitrogen functional groups attached to an aromatic ring is 1. The van der Waals surface area contributed by atoms with Crippen molar-refractivity contribution in [3.05, 3.63) is 76.0 Å². The van der Waals surface area contributed by atoms with E-state index in [1.54, 1.807) is 24.4 Å². The van der Waals surface area contributed by atoms with E-state index in [2.05, 4.69) is 21.9 Å². The minimum Gasteiger partial charge on any atom is -0.485 e. The van der Waals surface area contributed by atoms with E-state index in [0.29, 0.717) is 27.1 Å². The van der Waals surface area contributed by atoms with E-state index < -0.39 is 0 Å². The van der Waals surface area contributed by atoms with Crippen LogP contribution in [0.15, 0.2) is 54.7 Å². The Morgan fingerprint density at radius 3 is 2.54 bits per heavy atom. The molecule has 9 heteroatoms. The van der Waals surface area contributed by atoms with E-state index in [0.717, 1.165) is 48.2 Å². The van der Waals surface area contributed by atoms with Gasteiger partial charge in [-0.25, -0.2) is 4.98 Å². The van der Waals surface area contributed by atoms with Crippen LogP contribution in [0.1, 0.15) is 16.1 Å². The number of fused-ring (bicyclic) bond motifs is 1. The van der Waals surface area contributed by atoms with Crippen LogP contribution in [0.2, 0.25) is 10.0 Å². The molecule has 1 amide bonds. The number of amides is 1.